The minimum absolute atomic E-state index is 0.0309. The maximum atomic E-state index is 13.2. The molecule has 126 valence electrons. The molecule has 0 aliphatic rings. The van der Waals surface area contributed by atoms with Crippen LogP contribution in [0, 0.1) is 11.3 Å². The number of hydrogen-bond donors (Lipinski definition) is 1. The summed E-state index contributed by atoms with van der Waals surface area (Å²) in [5.41, 5.74) is -0.104. The Labute approximate surface area is 132 Å². The highest BCUT2D eigenvalue weighted by atomic mass is 19.4. The molecule has 1 aromatic rings. The highest BCUT2D eigenvalue weighted by molar-refractivity contribution is 5.75. The van der Waals surface area contributed by atoms with Gasteiger partial charge in [0.2, 0.25) is 0 Å². The molecule has 0 fully saturated rings. The van der Waals surface area contributed by atoms with Gasteiger partial charge in [0.1, 0.15) is 5.75 Å². The number of nitriles is 1. The number of alkyl halides is 3. The van der Waals surface area contributed by atoms with Gasteiger partial charge in [-0.15, -0.1) is 0 Å². The fraction of sp³-hybridized carbons (Fsp3) is 0.467. The van der Waals surface area contributed by atoms with E-state index >= 15 is 0 Å². The van der Waals surface area contributed by atoms with E-state index in [1.807, 2.05) is 11.4 Å². The molecule has 0 unspecified atom stereocenters. The number of methoxy groups -OCH3 is 1. The number of nitrogens with one attached hydrogen (secondary N) is 1. The summed E-state index contributed by atoms with van der Waals surface area (Å²) in [4.78, 5) is 13.1. The summed E-state index contributed by atoms with van der Waals surface area (Å²) < 4.78 is 44.6. The molecular formula is C15H18F3N3O2. The van der Waals surface area contributed by atoms with E-state index in [4.69, 9.17) is 10.00 Å². The number of ether oxygens (including phenoxy) is 1. The van der Waals surface area contributed by atoms with Crippen molar-refractivity contribution in [3.63, 3.8) is 0 Å². The molecule has 0 saturated carbocycles. The molecule has 0 heterocycles. The highest BCUT2D eigenvalue weighted by Gasteiger charge is 2.42. The number of amides is 2. The van der Waals surface area contributed by atoms with Crippen molar-refractivity contribution < 1.29 is 22.7 Å². The molecule has 2 amide bonds. The molecule has 23 heavy (non-hydrogen) atoms. The first-order valence-corrected chi connectivity index (χ1v) is 6.81. The van der Waals surface area contributed by atoms with Crippen molar-refractivity contribution in [3.8, 4) is 11.8 Å². The SMILES string of the molecule is COc1ccc([C@@H](NC(=O)N(C)[C@@H](C)CC#N)C(F)(F)F)cc1. The molecule has 0 spiro atoms. The number of urea groups is 1. The molecule has 0 aliphatic carbocycles. The number of carbonyl (C=O) groups is 1. The zero-order valence-corrected chi connectivity index (χ0v) is 13.0. The molecular weight excluding hydrogens is 311 g/mol. The third kappa shape index (κ3) is 5.06. The number of benzene rings is 1. The molecule has 0 radical (unpaired) electrons. The predicted molar refractivity (Wildman–Crippen MR) is 77.8 cm³/mol. The second-order valence-electron chi connectivity index (χ2n) is 5.02. The van der Waals surface area contributed by atoms with Gasteiger partial charge in [0.05, 0.1) is 19.6 Å². The Bertz CT molecular complexity index is 567. The molecule has 1 N–H and O–H groups in total. The van der Waals surface area contributed by atoms with Crippen LogP contribution in [-0.4, -0.2) is 37.3 Å². The van der Waals surface area contributed by atoms with Crippen LogP contribution in [0.15, 0.2) is 24.3 Å². The van der Waals surface area contributed by atoms with Gasteiger partial charge in [-0.1, -0.05) is 12.1 Å². The van der Waals surface area contributed by atoms with Crippen LogP contribution in [0.4, 0.5) is 18.0 Å². The van der Waals surface area contributed by atoms with Crippen LogP contribution in [0.25, 0.3) is 0 Å². The van der Waals surface area contributed by atoms with Gasteiger partial charge < -0.3 is 15.0 Å². The molecule has 5 nitrogen and oxygen atoms in total. The van der Waals surface area contributed by atoms with Gasteiger partial charge in [-0.05, 0) is 24.6 Å². The smallest absolute Gasteiger partial charge is 0.412 e. The number of nitrogens with zero attached hydrogens (tertiary/aromatic N) is 2. The lowest BCUT2D eigenvalue weighted by Crippen LogP contribution is -2.47. The Morgan fingerprint density at radius 3 is 2.39 bits per heavy atom. The standard InChI is InChI=1S/C15H18F3N3O2/c1-10(8-9-19)21(2)14(22)20-13(15(16,17)18)11-4-6-12(23-3)7-5-11/h4-7,10,13H,8H2,1-3H3,(H,20,22)/t10-,13+/m0/s1. The number of rotatable bonds is 5. The second-order valence-corrected chi connectivity index (χ2v) is 5.02. The first-order chi connectivity index (χ1) is 10.7. The Morgan fingerprint density at radius 1 is 1.39 bits per heavy atom. The van der Waals surface area contributed by atoms with Gasteiger partial charge in [-0.25, -0.2) is 4.79 Å². The van der Waals surface area contributed by atoms with Crippen molar-refractivity contribution in [2.24, 2.45) is 0 Å². The van der Waals surface area contributed by atoms with Crippen molar-refractivity contribution in [1.82, 2.24) is 10.2 Å². The quantitative estimate of drug-likeness (QED) is 0.902. The molecule has 8 heteroatoms. The van der Waals surface area contributed by atoms with Gasteiger partial charge in [0.15, 0.2) is 6.04 Å². The molecule has 0 aromatic heterocycles. The Kier molecular flexibility index (Phi) is 6.25. The summed E-state index contributed by atoms with van der Waals surface area (Å²) in [5.74, 6) is 0.417. The van der Waals surface area contributed by atoms with Crippen LogP contribution < -0.4 is 10.1 Å². The van der Waals surface area contributed by atoms with Crippen LogP contribution >= 0.6 is 0 Å². The topological polar surface area (TPSA) is 65.4 Å². The maximum Gasteiger partial charge on any atom is 0.412 e. The summed E-state index contributed by atoms with van der Waals surface area (Å²) in [6.45, 7) is 1.58. The van der Waals surface area contributed by atoms with Gasteiger partial charge in [-0.3, -0.25) is 0 Å². The maximum absolute atomic E-state index is 13.2. The Morgan fingerprint density at radius 2 is 1.96 bits per heavy atom. The number of carbonyl (C=O) groups excluding carboxylic acids is 1. The van der Waals surface area contributed by atoms with Gasteiger partial charge in [0, 0.05) is 13.1 Å². The van der Waals surface area contributed by atoms with Gasteiger partial charge in [-0.2, -0.15) is 18.4 Å². The molecule has 1 rings (SSSR count). The Hall–Kier alpha value is -2.43. The van der Waals surface area contributed by atoms with E-state index in [9.17, 15) is 18.0 Å². The molecule has 1 aromatic carbocycles. The molecule has 0 aliphatic heterocycles. The lowest BCUT2D eigenvalue weighted by molar-refractivity contribution is -0.155. The van der Waals surface area contributed by atoms with E-state index in [0.717, 1.165) is 4.90 Å². The van der Waals surface area contributed by atoms with Gasteiger partial charge >= 0.3 is 12.2 Å². The van der Waals surface area contributed by atoms with E-state index in [0.29, 0.717) is 5.75 Å². The van der Waals surface area contributed by atoms with Crippen LogP contribution in [0.2, 0.25) is 0 Å². The average molecular weight is 329 g/mol. The van der Waals surface area contributed by atoms with Gasteiger partial charge in [0.25, 0.3) is 0 Å². The highest BCUT2D eigenvalue weighted by Crippen LogP contribution is 2.33. The number of hydrogen-bond acceptors (Lipinski definition) is 3. The number of halogens is 3. The summed E-state index contributed by atoms with van der Waals surface area (Å²) >= 11 is 0. The van der Waals surface area contributed by atoms with Crippen LogP contribution in [0.3, 0.4) is 0 Å². The van der Waals surface area contributed by atoms with E-state index in [-0.39, 0.29) is 12.0 Å². The van der Waals surface area contributed by atoms with E-state index in [1.54, 1.807) is 6.92 Å². The fourth-order valence-electron chi connectivity index (χ4n) is 1.85. The lowest BCUT2D eigenvalue weighted by atomic mass is 10.1. The molecule has 0 bridgehead atoms. The minimum atomic E-state index is -4.65. The van der Waals surface area contributed by atoms with E-state index in [2.05, 4.69) is 0 Å². The van der Waals surface area contributed by atoms with E-state index < -0.39 is 24.3 Å². The third-order valence-corrected chi connectivity index (χ3v) is 3.41. The molecule has 2 atom stereocenters. The third-order valence-electron chi connectivity index (χ3n) is 3.41. The summed E-state index contributed by atoms with van der Waals surface area (Å²) in [6.07, 6.45) is -4.62. The van der Waals surface area contributed by atoms with Crippen LogP contribution in [0.5, 0.6) is 5.75 Å². The largest absolute Gasteiger partial charge is 0.497 e. The minimum Gasteiger partial charge on any atom is -0.497 e. The van der Waals surface area contributed by atoms with E-state index in [1.165, 1.54) is 38.4 Å². The van der Waals surface area contributed by atoms with Crippen molar-refractivity contribution in [1.29, 1.82) is 5.26 Å². The summed E-state index contributed by atoms with van der Waals surface area (Å²) in [6, 6.07) is 3.61. The fourth-order valence-corrected chi connectivity index (χ4v) is 1.85. The Balaban J connectivity index is 2.95. The molecule has 0 saturated heterocycles. The first-order valence-electron chi connectivity index (χ1n) is 6.81. The zero-order valence-electron chi connectivity index (χ0n) is 13.0. The lowest BCUT2D eigenvalue weighted by Gasteiger charge is -2.28. The average Bonchev–Trinajstić information content (AvgIpc) is 2.51. The second kappa shape index (κ2) is 7.72. The normalized spacial score (nSPS) is 13.6. The summed E-state index contributed by atoms with van der Waals surface area (Å²) in [5, 5.41) is 10.6. The van der Waals surface area contributed by atoms with Crippen molar-refractivity contribution in [2.75, 3.05) is 14.2 Å². The predicted octanol–water partition coefficient (Wildman–Crippen LogP) is 3.24. The monoisotopic (exact) mass is 329 g/mol. The van der Waals surface area contributed by atoms with Crippen molar-refractivity contribution in [2.45, 2.75) is 31.6 Å². The van der Waals surface area contributed by atoms with Crippen LogP contribution in [-0.2, 0) is 0 Å². The zero-order chi connectivity index (χ0) is 17.6. The first kappa shape index (κ1) is 18.6. The van der Waals surface area contributed by atoms with Crippen LogP contribution in [0.1, 0.15) is 24.9 Å². The van der Waals surface area contributed by atoms with Crippen molar-refractivity contribution in [3.05, 3.63) is 29.8 Å². The van der Waals surface area contributed by atoms with Crippen molar-refractivity contribution >= 4 is 6.03 Å². The summed E-state index contributed by atoms with van der Waals surface area (Å²) in [7, 11) is 2.75.